The molecule has 0 saturated carbocycles. The van der Waals surface area contributed by atoms with Crippen LogP contribution in [0.25, 0.3) is 0 Å². The molecule has 1 fully saturated rings. The van der Waals surface area contributed by atoms with Crippen LogP contribution in [-0.4, -0.2) is 56.1 Å². The van der Waals surface area contributed by atoms with Gasteiger partial charge < -0.3 is 15.1 Å². The van der Waals surface area contributed by atoms with Crippen molar-refractivity contribution >= 4 is 11.6 Å². The third kappa shape index (κ3) is 5.49. The molecule has 106 valence electrons. The van der Waals surface area contributed by atoms with E-state index in [9.17, 15) is 0 Å². The fraction of sp³-hybridized carbons (Fsp3) is 0.600. The lowest BCUT2D eigenvalue weighted by Gasteiger charge is -2.23. The summed E-state index contributed by atoms with van der Waals surface area (Å²) < 4.78 is 0. The molecular weight excluding hydrogens is 258 g/mol. The summed E-state index contributed by atoms with van der Waals surface area (Å²) in [6.45, 7) is 7.95. The van der Waals surface area contributed by atoms with Crippen molar-refractivity contribution < 1.29 is 0 Å². The van der Waals surface area contributed by atoms with Crippen molar-refractivity contribution in [3.05, 3.63) is 34.9 Å². The lowest BCUT2D eigenvalue weighted by Crippen LogP contribution is -2.35. The molecule has 1 saturated heterocycles. The van der Waals surface area contributed by atoms with Gasteiger partial charge in [-0.3, -0.25) is 0 Å². The van der Waals surface area contributed by atoms with Crippen LogP contribution in [-0.2, 0) is 6.54 Å². The number of nitrogens with one attached hydrogen (secondary N) is 1. The van der Waals surface area contributed by atoms with E-state index in [0.717, 1.165) is 37.7 Å². The van der Waals surface area contributed by atoms with Gasteiger partial charge in [0.05, 0.1) is 0 Å². The number of benzene rings is 1. The Hall–Kier alpha value is -0.610. The predicted molar refractivity (Wildman–Crippen MR) is 81.7 cm³/mol. The summed E-state index contributed by atoms with van der Waals surface area (Å²) in [6, 6.07) is 8.14. The van der Waals surface area contributed by atoms with E-state index in [1.807, 2.05) is 12.1 Å². The van der Waals surface area contributed by atoms with Gasteiger partial charge in [0.1, 0.15) is 0 Å². The quantitative estimate of drug-likeness (QED) is 0.891. The molecule has 1 aromatic rings. The molecule has 1 N–H and O–H groups in total. The van der Waals surface area contributed by atoms with Crippen molar-refractivity contribution in [1.82, 2.24) is 15.1 Å². The third-order valence-electron chi connectivity index (χ3n) is 3.60. The molecule has 0 aromatic heterocycles. The highest BCUT2D eigenvalue weighted by Gasteiger charge is 2.09. The van der Waals surface area contributed by atoms with E-state index in [1.165, 1.54) is 25.1 Å². The summed E-state index contributed by atoms with van der Waals surface area (Å²) in [5.41, 5.74) is 1.32. The lowest BCUT2D eigenvalue weighted by molar-refractivity contribution is 0.231. The van der Waals surface area contributed by atoms with Crippen LogP contribution in [0.3, 0.4) is 0 Å². The second kappa shape index (κ2) is 7.85. The van der Waals surface area contributed by atoms with E-state index in [4.69, 9.17) is 11.6 Å². The maximum absolute atomic E-state index is 5.90. The highest BCUT2D eigenvalue weighted by molar-refractivity contribution is 6.30. The van der Waals surface area contributed by atoms with Crippen LogP contribution in [0.15, 0.2) is 24.3 Å². The van der Waals surface area contributed by atoms with Crippen molar-refractivity contribution in [3.63, 3.8) is 0 Å². The van der Waals surface area contributed by atoms with Crippen LogP contribution in [0.4, 0.5) is 0 Å². The zero-order valence-corrected chi connectivity index (χ0v) is 12.5. The first-order chi connectivity index (χ1) is 9.24. The van der Waals surface area contributed by atoms with E-state index < -0.39 is 0 Å². The second-order valence-corrected chi connectivity index (χ2v) is 5.75. The highest BCUT2D eigenvalue weighted by atomic mass is 35.5. The minimum atomic E-state index is 0.809. The zero-order chi connectivity index (χ0) is 13.5. The fourth-order valence-electron chi connectivity index (χ4n) is 2.42. The molecule has 0 atom stereocenters. The molecule has 0 spiro atoms. The van der Waals surface area contributed by atoms with Gasteiger partial charge in [0.25, 0.3) is 0 Å². The number of nitrogens with zero attached hydrogens (tertiary/aromatic N) is 2. The van der Waals surface area contributed by atoms with Gasteiger partial charge >= 0.3 is 0 Å². The monoisotopic (exact) mass is 281 g/mol. The van der Waals surface area contributed by atoms with Crippen LogP contribution in [0.5, 0.6) is 0 Å². The number of hydrogen-bond donors (Lipinski definition) is 1. The molecule has 0 bridgehead atoms. The molecular formula is C15H24ClN3. The summed E-state index contributed by atoms with van der Waals surface area (Å²) in [5, 5.41) is 4.25. The molecule has 19 heavy (non-hydrogen) atoms. The van der Waals surface area contributed by atoms with E-state index in [-0.39, 0.29) is 0 Å². The van der Waals surface area contributed by atoms with Crippen molar-refractivity contribution in [2.45, 2.75) is 13.0 Å². The van der Waals surface area contributed by atoms with Gasteiger partial charge in [-0.25, -0.2) is 0 Å². The van der Waals surface area contributed by atoms with Gasteiger partial charge in [-0.15, -0.1) is 0 Å². The Balaban J connectivity index is 1.71. The Morgan fingerprint density at radius 1 is 1.21 bits per heavy atom. The minimum absolute atomic E-state index is 0.809. The summed E-state index contributed by atoms with van der Waals surface area (Å²) in [6.07, 6.45) is 1.26. The first-order valence-corrected chi connectivity index (χ1v) is 7.48. The standard InChI is InChI=1S/C15H24ClN3/c1-18(13-14-3-5-15(16)6-4-14)11-12-19-9-2-7-17-8-10-19/h3-6,17H,2,7-13H2,1H3. The summed E-state index contributed by atoms with van der Waals surface area (Å²) in [7, 11) is 2.19. The summed E-state index contributed by atoms with van der Waals surface area (Å²) in [4.78, 5) is 4.93. The van der Waals surface area contributed by atoms with Gasteiger partial charge in [0, 0.05) is 37.7 Å². The van der Waals surface area contributed by atoms with Crippen molar-refractivity contribution in [2.24, 2.45) is 0 Å². The Kier molecular flexibility index (Phi) is 6.11. The topological polar surface area (TPSA) is 18.5 Å². The molecule has 0 amide bonds. The minimum Gasteiger partial charge on any atom is -0.315 e. The van der Waals surface area contributed by atoms with Crippen LogP contribution in [0, 0.1) is 0 Å². The van der Waals surface area contributed by atoms with Crippen LogP contribution >= 0.6 is 11.6 Å². The largest absolute Gasteiger partial charge is 0.315 e. The van der Waals surface area contributed by atoms with E-state index in [0.29, 0.717) is 0 Å². The predicted octanol–water partition coefficient (Wildman–Crippen LogP) is 2.07. The van der Waals surface area contributed by atoms with Gasteiger partial charge in [-0.1, -0.05) is 23.7 Å². The average Bonchev–Trinajstić information content (AvgIpc) is 2.68. The van der Waals surface area contributed by atoms with Gasteiger partial charge in [-0.2, -0.15) is 0 Å². The number of halogens is 1. The van der Waals surface area contributed by atoms with Crippen molar-refractivity contribution in [2.75, 3.05) is 46.3 Å². The normalized spacial score (nSPS) is 17.6. The molecule has 2 rings (SSSR count). The summed E-state index contributed by atoms with van der Waals surface area (Å²) in [5.74, 6) is 0. The Morgan fingerprint density at radius 2 is 2.00 bits per heavy atom. The molecule has 3 nitrogen and oxygen atoms in total. The van der Waals surface area contributed by atoms with Gasteiger partial charge in [0.2, 0.25) is 0 Å². The third-order valence-corrected chi connectivity index (χ3v) is 3.85. The SMILES string of the molecule is CN(CCN1CCCNCC1)Cc1ccc(Cl)cc1. The van der Waals surface area contributed by atoms with Crippen molar-refractivity contribution in [3.8, 4) is 0 Å². The first kappa shape index (κ1) is 14.8. The number of rotatable bonds is 5. The molecule has 4 heteroatoms. The van der Waals surface area contributed by atoms with E-state index in [1.54, 1.807) is 0 Å². The molecule has 0 aliphatic carbocycles. The molecule has 0 unspecified atom stereocenters. The van der Waals surface area contributed by atoms with E-state index >= 15 is 0 Å². The smallest absolute Gasteiger partial charge is 0.0406 e. The number of likely N-dealkylation sites (N-methyl/N-ethyl adjacent to an activating group) is 1. The second-order valence-electron chi connectivity index (χ2n) is 5.31. The van der Waals surface area contributed by atoms with Crippen molar-refractivity contribution in [1.29, 1.82) is 0 Å². The zero-order valence-electron chi connectivity index (χ0n) is 11.7. The fourth-order valence-corrected chi connectivity index (χ4v) is 2.54. The van der Waals surface area contributed by atoms with Gasteiger partial charge in [-0.05, 0) is 44.3 Å². The summed E-state index contributed by atoms with van der Waals surface area (Å²) >= 11 is 5.90. The Morgan fingerprint density at radius 3 is 2.79 bits per heavy atom. The maximum atomic E-state index is 5.90. The molecule has 0 radical (unpaired) electrons. The first-order valence-electron chi connectivity index (χ1n) is 7.10. The Labute approximate surface area is 121 Å². The Bertz CT molecular complexity index is 358. The van der Waals surface area contributed by atoms with Crippen LogP contribution < -0.4 is 5.32 Å². The van der Waals surface area contributed by atoms with E-state index in [2.05, 4.69) is 34.3 Å². The lowest BCUT2D eigenvalue weighted by atomic mass is 10.2. The maximum Gasteiger partial charge on any atom is 0.0406 e. The highest BCUT2D eigenvalue weighted by Crippen LogP contribution is 2.10. The van der Waals surface area contributed by atoms with Crippen LogP contribution in [0.1, 0.15) is 12.0 Å². The van der Waals surface area contributed by atoms with Crippen LogP contribution in [0.2, 0.25) is 5.02 Å². The molecule has 1 aliphatic rings. The average molecular weight is 282 g/mol. The molecule has 1 aromatic carbocycles. The molecule has 1 aliphatic heterocycles. The molecule has 1 heterocycles. The number of hydrogen-bond acceptors (Lipinski definition) is 3. The van der Waals surface area contributed by atoms with Gasteiger partial charge in [0.15, 0.2) is 0 Å².